The highest BCUT2D eigenvalue weighted by Gasteiger charge is 2.13. The molecule has 0 radical (unpaired) electrons. The minimum atomic E-state index is 0.878. The Bertz CT molecular complexity index is 361. The average molecular weight is 251 g/mol. The predicted octanol–water partition coefficient (Wildman–Crippen LogP) is 3.10. The van der Waals surface area contributed by atoms with Crippen LogP contribution in [0.15, 0.2) is 23.1 Å². The fourth-order valence-electron chi connectivity index (χ4n) is 2.20. The highest BCUT2D eigenvalue weighted by atomic mass is 32.2. The van der Waals surface area contributed by atoms with Crippen molar-refractivity contribution >= 4 is 11.8 Å². The third-order valence-corrected chi connectivity index (χ3v) is 4.54. The van der Waals surface area contributed by atoms with Crippen molar-refractivity contribution in [2.75, 3.05) is 26.0 Å². The molecular formula is C14H21NOS. The zero-order valence-corrected chi connectivity index (χ0v) is 11.5. The maximum Gasteiger partial charge on any atom is 0.121 e. The average Bonchev–Trinajstić information content (AvgIpc) is 2.38. The van der Waals surface area contributed by atoms with Crippen LogP contribution in [0, 0.1) is 12.8 Å². The van der Waals surface area contributed by atoms with Crippen LogP contribution in [0.3, 0.4) is 0 Å². The zero-order chi connectivity index (χ0) is 12.1. The van der Waals surface area contributed by atoms with E-state index in [1.165, 1.54) is 42.1 Å². The predicted molar refractivity (Wildman–Crippen MR) is 74.0 cm³/mol. The molecule has 2 rings (SSSR count). The molecular weight excluding hydrogens is 230 g/mol. The lowest BCUT2D eigenvalue weighted by Gasteiger charge is -2.22. The molecule has 1 N–H and O–H groups in total. The van der Waals surface area contributed by atoms with Gasteiger partial charge >= 0.3 is 0 Å². The molecule has 1 aromatic rings. The standard InChI is InChI=1S/C14H21NOS/c1-11-9-13(3-4-14(11)16-2)17-10-12-5-7-15-8-6-12/h3-4,9,12,15H,5-8,10H2,1-2H3. The van der Waals surface area contributed by atoms with Gasteiger partial charge in [0, 0.05) is 10.6 Å². The highest BCUT2D eigenvalue weighted by Crippen LogP contribution is 2.28. The number of piperidine rings is 1. The summed E-state index contributed by atoms with van der Waals surface area (Å²) in [6, 6.07) is 6.46. The van der Waals surface area contributed by atoms with E-state index in [1.807, 2.05) is 11.8 Å². The van der Waals surface area contributed by atoms with Gasteiger partial charge in [-0.25, -0.2) is 0 Å². The Morgan fingerprint density at radius 2 is 2.12 bits per heavy atom. The summed E-state index contributed by atoms with van der Waals surface area (Å²) in [4.78, 5) is 1.36. The first-order valence-electron chi connectivity index (χ1n) is 6.28. The van der Waals surface area contributed by atoms with Crippen LogP contribution in [0.5, 0.6) is 5.75 Å². The molecule has 1 aromatic carbocycles. The van der Waals surface area contributed by atoms with Gasteiger partial charge in [-0.15, -0.1) is 11.8 Å². The van der Waals surface area contributed by atoms with Crippen LogP contribution in [-0.2, 0) is 0 Å². The van der Waals surface area contributed by atoms with Gasteiger partial charge in [-0.05, 0) is 62.5 Å². The van der Waals surface area contributed by atoms with Gasteiger partial charge in [0.25, 0.3) is 0 Å². The molecule has 0 amide bonds. The molecule has 0 bridgehead atoms. The van der Waals surface area contributed by atoms with Crippen molar-refractivity contribution < 1.29 is 4.74 Å². The van der Waals surface area contributed by atoms with Gasteiger partial charge in [0.2, 0.25) is 0 Å². The SMILES string of the molecule is COc1ccc(SCC2CCNCC2)cc1C. The Labute approximate surface area is 108 Å². The van der Waals surface area contributed by atoms with Gasteiger partial charge in [-0.1, -0.05) is 0 Å². The lowest BCUT2D eigenvalue weighted by Crippen LogP contribution is -2.28. The minimum absolute atomic E-state index is 0.878. The Hall–Kier alpha value is -0.670. The number of ether oxygens (including phenoxy) is 1. The maximum atomic E-state index is 5.28. The summed E-state index contributed by atoms with van der Waals surface area (Å²) in [6.45, 7) is 4.48. The van der Waals surface area contributed by atoms with E-state index in [-0.39, 0.29) is 0 Å². The van der Waals surface area contributed by atoms with Crippen molar-refractivity contribution in [2.45, 2.75) is 24.7 Å². The summed E-state index contributed by atoms with van der Waals surface area (Å²) in [5.41, 5.74) is 1.22. The van der Waals surface area contributed by atoms with Crippen LogP contribution < -0.4 is 10.1 Å². The lowest BCUT2D eigenvalue weighted by molar-refractivity contribution is 0.407. The van der Waals surface area contributed by atoms with Crippen molar-refractivity contribution in [1.29, 1.82) is 0 Å². The first-order valence-corrected chi connectivity index (χ1v) is 7.26. The second-order valence-corrected chi connectivity index (χ2v) is 5.73. The first-order chi connectivity index (χ1) is 8.29. The van der Waals surface area contributed by atoms with Crippen LogP contribution in [0.25, 0.3) is 0 Å². The third kappa shape index (κ3) is 3.65. The zero-order valence-electron chi connectivity index (χ0n) is 10.7. The molecule has 2 nitrogen and oxygen atoms in total. The maximum absolute atomic E-state index is 5.28. The fraction of sp³-hybridized carbons (Fsp3) is 0.571. The first kappa shape index (κ1) is 12.8. The van der Waals surface area contributed by atoms with Crippen molar-refractivity contribution in [1.82, 2.24) is 5.32 Å². The number of thioether (sulfide) groups is 1. The Morgan fingerprint density at radius 1 is 1.35 bits per heavy atom. The molecule has 0 atom stereocenters. The molecule has 0 saturated carbocycles. The molecule has 1 aliphatic rings. The van der Waals surface area contributed by atoms with Gasteiger partial charge in [-0.2, -0.15) is 0 Å². The van der Waals surface area contributed by atoms with E-state index < -0.39 is 0 Å². The lowest BCUT2D eigenvalue weighted by atomic mass is 10.0. The minimum Gasteiger partial charge on any atom is -0.496 e. The van der Waals surface area contributed by atoms with Gasteiger partial charge in [-0.3, -0.25) is 0 Å². The molecule has 1 heterocycles. The van der Waals surface area contributed by atoms with Crippen LogP contribution >= 0.6 is 11.8 Å². The van der Waals surface area contributed by atoms with E-state index >= 15 is 0 Å². The summed E-state index contributed by atoms with van der Waals surface area (Å²) >= 11 is 1.98. The van der Waals surface area contributed by atoms with Gasteiger partial charge in [0.15, 0.2) is 0 Å². The molecule has 3 heteroatoms. The topological polar surface area (TPSA) is 21.3 Å². The molecule has 0 aromatic heterocycles. The number of benzene rings is 1. The molecule has 1 aliphatic heterocycles. The van der Waals surface area contributed by atoms with Crippen LogP contribution in [-0.4, -0.2) is 26.0 Å². The number of rotatable bonds is 4. The van der Waals surface area contributed by atoms with Gasteiger partial charge < -0.3 is 10.1 Å². The second-order valence-electron chi connectivity index (χ2n) is 4.64. The molecule has 0 unspecified atom stereocenters. The summed E-state index contributed by atoms with van der Waals surface area (Å²) in [6.07, 6.45) is 2.64. The summed E-state index contributed by atoms with van der Waals surface area (Å²) in [5.74, 6) is 3.10. The van der Waals surface area contributed by atoms with E-state index in [1.54, 1.807) is 7.11 Å². The molecule has 0 aliphatic carbocycles. The van der Waals surface area contributed by atoms with Gasteiger partial charge in [0.05, 0.1) is 7.11 Å². The molecule has 1 saturated heterocycles. The van der Waals surface area contributed by atoms with E-state index in [9.17, 15) is 0 Å². The van der Waals surface area contributed by atoms with Gasteiger partial charge in [0.1, 0.15) is 5.75 Å². The molecule has 1 fully saturated rings. The van der Waals surface area contributed by atoms with Crippen LogP contribution in [0.4, 0.5) is 0 Å². The number of methoxy groups -OCH3 is 1. The van der Waals surface area contributed by atoms with E-state index in [0.717, 1.165) is 11.7 Å². The van der Waals surface area contributed by atoms with Crippen LogP contribution in [0.2, 0.25) is 0 Å². The van der Waals surface area contributed by atoms with E-state index in [2.05, 4.69) is 30.4 Å². The number of aryl methyl sites for hydroxylation is 1. The van der Waals surface area contributed by atoms with E-state index in [0.29, 0.717) is 0 Å². The summed E-state index contributed by atoms with van der Waals surface area (Å²) in [5, 5.41) is 3.41. The number of hydrogen-bond donors (Lipinski definition) is 1. The van der Waals surface area contributed by atoms with Crippen molar-refractivity contribution in [2.24, 2.45) is 5.92 Å². The largest absolute Gasteiger partial charge is 0.496 e. The quantitative estimate of drug-likeness (QED) is 0.831. The van der Waals surface area contributed by atoms with Crippen molar-refractivity contribution in [3.8, 4) is 5.75 Å². The molecule has 17 heavy (non-hydrogen) atoms. The third-order valence-electron chi connectivity index (χ3n) is 3.31. The van der Waals surface area contributed by atoms with E-state index in [4.69, 9.17) is 4.74 Å². The summed E-state index contributed by atoms with van der Waals surface area (Å²) in [7, 11) is 1.73. The molecule has 0 spiro atoms. The monoisotopic (exact) mass is 251 g/mol. The normalized spacial score (nSPS) is 17.1. The Kier molecular flexibility index (Phi) is 4.75. The second kappa shape index (κ2) is 6.31. The fourth-order valence-corrected chi connectivity index (χ4v) is 3.39. The number of nitrogens with one attached hydrogen (secondary N) is 1. The number of hydrogen-bond acceptors (Lipinski definition) is 3. The summed E-state index contributed by atoms with van der Waals surface area (Å²) < 4.78 is 5.28. The van der Waals surface area contributed by atoms with Crippen LogP contribution in [0.1, 0.15) is 18.4 Å². The van der Waals surface area contributed by atoms with Crippen molar-refractivity contribution in [3.63, 3.8) is 0 Å². The molecule has 94 valence electrons. The smallest absolute Gasteiger partial charge is 0.121 e. The Morgan fingerprint density at radius 3 is 2.76 bits per heavy atom. The Balaban J connectivity index is 1.87. The highest BCUT2D eigenvalue weighted by molar-refractivity contribution is 7.99. The van der Waals surface area contributed by atoms with Crippen molar-refractivity contribution in [3.05, 3.63) is 23.8 Å².